The highest BCUT2D eigenvalue weighted by atomic mass is 35.7. The van der Waals surface area contributed by atoms with Crippen LogP contribution in [0.25, 0.3) is 11.2 Å². The number of aliphatic hydroxyl groups excluding tert-OH is 2. The number of imidazole rings is 1. The number of nitrogen functional groups attached to an aromatic ring is 1. The molecule has 172 valence electrons. The number of halogens is 3. The van der Waals surface area contributed by atoms with Crippen LogP contribution in [0.1, 0.15) is 12.6 Å². The van der Waals surface area contributed by atoms with Crippen LogP contribution in [0, 0.1) is 0 Å². The molecule has 1 unspecified atom stereocenters. The minimum absolute atomic E-state index is 0. The van der Waals surface area contributed by atoms with E-state index in [1.165, 1.54) is 17.2 Å². The second-order valence-electron chi connectivity index (χ2n) is 6.89. The molecule has 2 aromatic rings. The average Bonchev–Trinajstić information content (AvgIpc) is 3.17. The Balaban J connectivity index is 0.00000225. The Morgan fingerprint density at radius 1 is 1.33 bits per heavy atom. The van der Waals surface area contributed by atoms with Gasteiger partial charge in [0.25, 0.3) is 0 Å². The first-order valence-corrected chi connectivity index (χ1v) is 11.7. The van der Waals surface area contributed by atoms with Gasteiger partial charge in [0.2, 0.25) is 0 Å². The minimum atomic E-state index is -1.83. The van der Waals surface area contributed by atoms with E-state index in [4.69, 9.17) is 32.0 Å². The SMILES string of the molecule is CS(Cl)(CC[C@H](N)C(=O)O)C[C@H]1O[C@@H](n2cnc3c(N)ncnc32)[C@H](O)[C@@H]1O.Cl.Cl. The number of carboxylic acid groups (broad SMARTS) is 1. The molecule has 0 radical (unpaired) electrons. The maximum Gasteiger partial charge on any atom is 0.320 e. The van der Waals surface area contributed by atoms with Gasteiger partial charge < -0.3 is 31.5 Å². The smallest absolute Gasteiger partial charge is 0.320 e. The van der Waals surface area contributed by atoms with Gasteiger partial charge in [0.05, 0.1) is 12.4 Å². The number of hydrogen-bond acceptors (Lipinski definition) is 9. The zero-order valence-corrected chi connectivity index (χ0v) is 19.1. The van der Waals surface area contributed by atoms with Crippen molar-refractivity contribution in [1.29, 1.82) is 0 Å². The second-order valence-corrected chi connectivity index (χ2v) is 12.2. The fourth-order valence-electron chi connectivity index (χ4n) is 3.07. The Bertz CT molecular complexity index is 874. The average molecular weight is 508 g/mol. The molecule has 11 nitrogen and oxygen atoms in total. The molecule has 0 spiro atoms. The number of nitrogens with two attached hydrogens (primary N) is 2. The topological polar surface area (TPSA) is 183 Å². The van der Waals surface area contributed by atoms with E-state index < -0.39 is 45.8 Å². The molecular formula is C15H25Cl3N6O5S. The van der Waals surface area contributed by atoms with Crippen LogP contribution in [0.15, 0.2) is 12.7 Å². The molecule has 1 aliphatic rings. The zero-order chi connectivity index (χ0) is 20.6. The predicted molar refractivity (Wildman–Crippen MR) is 119 cm³/mol. The van der Waals surface area contributed by atoms with Crippen molar-refractivity contribution in [2.45, 2.75) is 37.0 Å². The third-order valence-corrected chi connectivity index (χ3v) is 7.63. The summed E-state index contributed by atoms with van der Waals surface area (Å²) in [5.41, 5.74) is 12.0. The summed E-state index contributed by atoms with van der Waals surface area (Å²) in [6, 6.07) is -0.999. The van der Waals surface area contributed by atoms with E-state index in [-0.39, 0.29) is 42.8 Å². The first-order valence-electron chi connectivity index (χ1n) is 8.47. The molecule has 0 aromatic carbocycles. The first-order chi connectivity index (χ1) is 13.1. The summed E-state index contributed by atoms with van der Waals surface area (Å²) in [6.07, 6.45) is 0.615. The number of carboxylic acids is 1. The van der Waals surface area contributed by atoms with Crippen molar-refractivity contribution in [3.05, 3.63) is 12.7 Å². The highest BCUT2D eigenvalue weighted by molar-refractivity contribution is 8.50. The van der Waals surface area contributed by atoms with E-state index in [0.717, 1.165) is 0 Å². The number of rotatable bonds is 7. The van der Waals surface area contributed by atoms with E-state index in [0.29, 0.717) is 16.9 Å². The van der Waals surface area contributed by atoms with Crippen LogP contribution in [-0.4, -0.2) is 82.9 Å². The van der Waals surface area contributed by atoms with E-state index >= 15 is 0 Å². The fourth-order valence-corrected chi connectivity index (χ4v) is 5.59. The maximum atomic E-state index is 10.9. The summed E-state index contributed by atoms with van der Waals surface area (Å²) in [5, 5.41) is 29.8. The molecule has 1 fully saturated rings. The molecule has 6 atom stereocenters. The number of aliphatic carboxylic acids is 1. The number of fused-ring (bicyclic) bond motifs is 1. The Morgan fingerprint density at radius 3 is 2.63 bits per heavy atom. The lowest BCUT2D eigenvalue weighted by Crippen LogP contribution is -2.35. The lowest BCUT2D eigenvalue weighted by molar-refractivity contribution is -0.138. The number of anilines is 1. The minimum Gasteiger partial charge on any atom is -0.480 e. The van der Waals surface area contributed by atoms with Crippen molar-refractivity contribution in [1.82, 2.24) is 19.5 Å². The Labute approximate surface area is 190 Å². The van der Waals surface area contributed by atoms with Crippen molar-refractivity contribution >= 4 is 67.7 Å². The van der Waals surface area contributed by atoms with E-state index in [1.54, 1.807) is 6.26 Å². The summed E-state index contributed by atoms with van der Waals surface area (Å²) in [7, 11) is 4.74. The van der Waals surface area contributed by atoms with Crippen LogP contribution >= 0.6 is 44.7 Å². The van der Waals surface area contributed by atoms with Gasteiger partial charge in [-0.1, -0.05) is 10.7 Å². The summed E-state index contributed by atoms with van der Waals surface area (Å²) in [4.78, 5) is 23.0. The lowest BCUT2D eigenvalue weighted by Gasteiger charge is -2.32. The lowest BCUT2D eigenvalue weighted by atomic mass is 10.1. The van der Waals surface area contributed by atoms with Gasteiger partial charge in [-0.25, -0.2) is 15.0 Å². The van der Waals surface area contributed by atoms with Gasteiger partial charge in [0.1, 0.15) is 30.1 Å². The summed E-state index contributed by atoms with van der Waals surface area (Å²) in [6.45, 7) is 0. The monoisotopic (exact) mass is 506 g/mol. The molecule has 3 heterocycles. The zero-order valence-electron chi connectivity index (χ0n) is 15.9. The van der Waals surface area contributed by atoms with Crippen molar-refractivity contribution in [2.24, 2.45) is 5.73 Å². The van der Waals surface area contributed by atoms with Crippen LogP contribution in [0.3, 0.4) is 0 Å². The summed E-state index contributed by atoms with van der Waals surface area (Å²) >= 11 is 0. The Hall–Kier alpha value is -1.12. The number of aliphatic hydroxyl groups is 2. The van der Waals surface area contributed by atoms with E-state index in [9.17, 15) is 15.0 Å². The first kappa shape index (κ1) is 26.9. The van der Waals surface area contributed by atoms with Crippen molar-refractivity contribution in [3.63, 3.8) is 0 Å². The molecule has 30 heavy (non-hydrogen) atoms. The molecule has 2 aromatic heterocycles. The number of aromatic nitrogens is 4. The third-order valence-electron chi connectivity index (χ3n) is 4.68. The van der Waals surface area contributed by atoms with Gasteiger partial charge in [0.15, 0.2) is 17.7 Å². The largest absolute Gasteiger partial charge is 0.480 e. The molecule has 7 N–H and O–H groups in total. The second kappa shape index (κ2) is 10.5. The number of carbonyl (C=O) groups is 1. The van der Waals surface area contributed by atoms with Crippen molar-refractivity contribution in [2.75, 3.05) is 23.5 Å². The maximum absolute atomic E-state index is 10.9. The van der Waals surface area contributed by atoms with Crippen LogP contribution in [0.5, 0.6) is 0 Å². The third kappa shape index (κ3) is 5.56. The predicted octanol–water partition coefficient (Wildman–Crippen LogP) is 0.262. The summed E-state index contributed by atoms with van der Waals surface area (Å²) in [5.74, 6) is -0.249. The summed E-state index contributed by atoms with van der Waals surface area (Å²) < 4.78 is 7.37. The Morgan fingerprint density at radius 2 is 2.00 bits per heavy atom. The van der Waals surface area contributed by atoms with Gasteiger partial charge in [0, 0.05) is 5.75 Å². The highest BCUT2D eigenvalue weighted by Gasteiger charge is 2.45. The van der Waals surface area contributed by atoms with Gasteiger partial charge in [-0.2, -0.15) is 9.24 Å². The van der Waals surface area contributed by atoms with Crippen molar-refractivity contribution in [3.8, 4) is 0 Å². The van der Waals surface area contributed by atoms with Crippen LogP contribution in [0.2, 0.25) is 0 Å². The molecule has 1 saturated heterocycles. The van der Waals surface area contributed by atoms with Crippen molar-refractivity contribution < 1.29 is 24.9 Å². The van der Waals surface area contributed by atoms with Crippen LogP contribution < -0.4 is 11.5 Å². The highest BCUT2D eigenvalue weighted by Crippen LogP contribution is 2.52. The standard InChI is InChI=1S/C15H23ClN6O5S.2ClH/c1-28(16,3-2-7(17)15(25)26)4-8-10(23)11(24)14(27-8)22-6-21-9-12(18)19-5-20-13(9)22;;/h5-8,10-11,14,23-24H,2-4,17H2,1H3,(H,25,26)(H2,18,19,20);2*1H/t7-,8+,10+,11+,14+;;/m0../s1. The van der Waals surface area contributed by atoms with E-state index in [1.807, 2.05) is 0 Å². The number of hydrogen-bond donors (Lipinski definition) is 5. The molecule has 1 aliphatic heterocycles. The molecule has 15 heteroatoms. The molecule has 3 rings (SSSR count). The van der Waals surface area contributed by atoms with Gasteiger partial charge in [-0.15, -0.1) is 24.8 Å². The Kier molecular flexibility index (Phi) is 9.39. The van der Waals surface area contributed by atoms with Crippen LogP contribution in [-0.2, 0) is 9.53 Å². The number of ether oxygens (including phenoxy) is 1. The number of nitrogens with zero attached hydrogens (tertiary/aromatic N) is 4. The quantitative estimate of drug-likeness (QED) is 0.348. The normalized spacial score (nSPS) is 27.5. The van der Waals surface area contributed by atoms with Gasteiger partial charge >= 0.3 is 5.97 Å². The molecule has 0 aliphatic carbocycles. The van der Waals surface area contributed by atoms with Gasteiger partial charge in [-0.05, 0) is 18.4 Å². The molecule has 0 amide bonds. The van der Waals surface area contributed by atoms with Gasteiger partial charge in [-0.3, -0.25) is 9.36 Å². The molecular weight excluding hydrogens is 483 g/mol. The fraction of sp³-hybridized carbons (Fsp3) is 0.600. The van der Waals surface area contributed by atoms with E-state index in [2.05, 4.69) is 15.0 Å². The van der Waals surface area contributed by atoms with Crippen LogP contribution in [0.4, 0.5) is 5.82 Å². The molecule has 0 bridgehead atoms. The molecule has 0 saturated carbocycles.